The Hall–Kier alpha value is -0.950. The van der Waals surface area contributed by atoms with E-state index in [1.165, 1.54) is 19.3 Å². The number of nitrogens with one attached hydrogen (secondary N) is 2. The first-order valence-electron chi connectivity index (χ1n) is 10.9. The smallest absolute Gasteiger partial charge is 0.315 e. The summed E-state index contributed by atoms with van der Waals surface area (Å²) in [4.78, 5) is 25.7. The van der Waals surface area contributed by atoms with Gasteiger partial charge in [0, 0.05) is 44.7 Å². The van der Waals surface area contributed by atoms with Gasteiger partial charge in [-0.05, 0) is 31.6 Å². The van der Waals surface area contributed by atoms with Gasteiger partial charge in [-0.2, -0.15) is 11.8 Å². The zero-order valence-electron chi connectivity index (χ0n) is 17.9. The number of fused-ring (bicyclic) bond motifs is 1. The fourth-order valence-corrected chi connectivity index (χ4v) is 5.60. The van der Waals surface area contributed by atoms with E-state index in [-0.39, 0.29) is 24.0 Å². The molecule has 0 saturated carbocycles. The second kappa shape index (κ2) is 12.6. The predicted molar refractivity (Wildman–Crippen MR) is 116 cm³/mol. The van der Waals surface area contributed by atoms with Crippen molar-refractivity contribution < 1.29 is 14.3 Å². The van der Waals surface area contributed by atoms with E-state index >= 15 is 0 Å². The average Bonchev–Trinajstić information content (AvgIpc) is 3.22. The Morgan fingerprint density at radius 3 is 2.82 bits per heavy atom. The van der Waals surface area contributed by atoms with E-state index in [0.717, 1.165) is 51.0 Å². The summed E-state index contributed by atoms with van der Waals surface area (Å²) < 4.78 is 5.08. The molecule has 4 unspecified atom stereocenters. The maximum atomic E-state index is 12.3. The van der Waals surface area contributed by atoms with Gasteiger partial charge in [0.2, 0.25) is 5.91 Å². The van der Waals surface area contributed by atoms with Crippen molar-refractivity contribution in [3.05, 3.63) is 0 Å². The quantitative estimate of drug-likeness (QED) is 0.338. The normalized spacial score (nSPS) is 24.5. The molecule has 7 heteroatoms. The maximum absolute atomic E-state index is 12.3. The van der Waals surface area contributed by atoms with Crippen molar-refractivity contribution >= 4 is 23.7 Å². The SMILES string of the molecule is COCCCCCC(C)CCN(C)C(=O)CCCCC1SCC2NC(=O)NC21. The van der Waals surface area contributed by atoms with Crippen LogP contribution >= 0.6 is 11.8 Å². The number of carbonyl (C=O) groups excluding carboxylic acids is 2. The van der Waals surface area contributed by atoms with Crippen molar-refractivity contribution in [1.29, 1.82) is 0 Å². The minimum Gasteiger partial charge on any atom is -0.385 e. The largest absolute Gasteiger partial charge is 0.385 e. The number of rotatable bonds is 14. The van der Waals surface area contributed by atoms with Crippen LogP contribution in [0.1, 0.15) is 64.7 Å². The molecule has 28 heavy (non-hydrogen) atoms. The van der Waals surface area contributed by atoms with Gasteiger partial charge >= 0.3 is 6.03 Å². The zero-order chi connectivity index (χ0) is 20.4. The molecule has 0 radical (unpaired) electrons. The lowest BCUT2D eigenvalue weighted by Gasteiger charge is -2.20. The number of ether oxygens (including phenoxy) is 1. The first kappa shape index (κ1) is 23.3. The van der Waals surface area contributed by atoms with Crippen molar-refractivity contribution in [3.63, 3.8) is 0 Å². The van der Waals surface area contributed by atoms with Gasteiger partial charge < -0.3 is 20.3 Å². The van der Waals surface area contributed by atoms with Gasteiger partial charge in [-0.15, -0.1) is 0 Å². The predicted octanol–water partition coefficient (Wildman–Crippen LogP) is 3.40. The van der Waals surface area contributed by atoms with E-state index in [1.54, 1.807) is 7.11 Å². The molecule has 2 aliphatic rings. The Kier molecular flexibility index (Phi) is 10.5. The highest BCUT2D eigenvalue weighted by Crippen LogP contribution is 2.33. The molecule has 2 N–H and O–H groups in total. The van der Waals surface area contributed by atoms with Crippen LogP contribution < -0.4 is 10.6 Å². The van der Waals surface area contributed by atoms with Crippen LogP contribution in [-0.4, -0.2) is 67.2 Å². The van der Waals surface area contributed by atoms with Crippen LogP contribution in [0.5, 0.6) is 0 Å². The first-order valence-corrected chi connectivity index (χ1v) is 12.0. The number of nitrogens with zero attached hydrogens (tertiary/aromatic N) is 1. The molecule has 4 atom stereocenters. The Balaban J connectivity index is 1.50. The average molecular weight is 414 g/mol. The maximum Gasteiger partial charge on any atom is 0.315 e. The summed E-state index contributed by atoms with van der Waals surface area (Å²) >= 11 is 1.94. The minimum atomic E-state index is -0.0266. The number of thioether (sulfide) groups is 1. The van der Waals surface area contributed by atoms with E-state index in [9.17, 15) is 9.59 Å². The third-order valence-electron chi connectivity index (χ3n) is 6.00. The van der Waals surface area contributed by atoms with Crippen LogP contribution in [0.25, 0.3) is 0 Å². The number of hydrogen-bond acceptors (Lipinski definition) is 4. The lowest BCUT2D eigenvalue weighted by atomic mass is 9.99. The molecular formula is C21H39N3O3S. The lowest BCUT2D eigenvalue weighted by molar-refractivity contribution is -0.130. The highest BCUT2D eigenvalue weighted by molar-refractivity contribution is 8.00. The van der Waals surface area contributed by atoms with Gasteiger partial charge in [-0.1, -0.05) is 32.6 Å². The Bertz CT molecular complexity index is 492. The third kappa shape index (κ3) is 7.82. The van der Waals surface area contributed by atoms with Gasteiger partial charge in [0.25, 0.3) is 0 Å². The van der Waals surface area contributed by atoms with Gasteiger partial charge in [-0.3, -0.25) is 4.79 Å². The molecule has 2 heterocycles. The molecule has 3 amide bonds. The second-order valence-corrected chi connectivity index (χ2v) is 9.69. The summed E-state index contributed by atoms with van der Waals surface area (Å²) in [5.41, 5.74) is 0. The minimum absolute atomic E-state index is 0.0266. The number of carbonyl (C=O) groups is 2. The molecule has 162 valence electrons. The molecular weight excluding hydrogens is 374 g/mol. The van der Waals surface area contributed by atoms with Crippen LogP contribution in [0, 0.1) is 5.92 Å². The van der Waals surface area contributed by atoms with Crippen molar-refractivity contribution in [1.82, 2.24) is 15.5 Å². The number of hydrogen-bond donors (Lipinski definition) is 2. The molecule has 0 aromatic carbocycles. The lowest BCUT2D eigenvalue weighted by Crippen LogP contribution is -2.36. The number of urea groups is 1. The van der Waals surface area contributed by atoms with Crippen LogP contribution in [0.15, 0.2) is 0 Å². The van der Waals surface area contributed by atoms with E-state index in [4.69, 9.17) is 4.74 Å². The molecule has 2 aliphatic heterocycles. The van der Waals surface area contributed by atoms with E-state index in [0.29, 0.717) is 17.6 Å². The van der Waals surface area contributed by atoms with Gasteiger partial charge in [-0.25, -0.2) is 4.79 Å². The summed E-state index contributed by atoms with van der Waals surface area (Å²) in [6.45, 7) is 4.01. The highest BCUT2D eigenvalue weighted by atomic mass is 32.2. The third-order valence-corrected chi connectivity index (χ3v) is 7.50. The summed E-state index contributed by atoms with van der Waals surface area (Å²) in [5.74, 6) is 1.93. The molecule has 0 aliphatic carbocycles. The van der Waals surface area contributed by atoms with E-state index < -0.39 is 0 Å². The molecule has 2 saturated heterocycles. The summed E-state index contributed by atoms with van der Waals surface area (Å²) in [6.07, 6.45) is 9.64. The van der Waals surface area contributed by atoms with E-state index in [1.807, 2.05) is 23.7 Å². The number of unbranched alkanes of at least 4 members (excludes halogenated alkanes) is 3. The Morgan fingerprint density at radius 1 is 1.21 bits per heavy atom. The van der Waals surface area contributed by atoms with Crippen LogP contribution in [0.2, 0.25) is 0 Å². The fourth-order valence-electron chi connectivity index (χ4n) is 4.05. The molecule has 2 rings (SSSR count). The fraction of sp³-hybridized carbons (Fsp3) is 0.905. The van der Waals surface area contributed by atoms with Crippen molar-refractivity contribution in [2.45, 2.75) is 82.0 Å². The topological polar surface area (TPSA) is 70.7 Å². The zero-order valence-corrected chi connectivity index (χ0v) is 18.7. The Labute approximate surface area is 174 Å². The standard InChI is InChI=1S/C21H39N3O3S/c1-16(9-5-4-8-14-27-3)12-13-24(2)19(25)11-7-6-10-18-20-17(15-28-18)22-21(26)23-20/h16-18,20H,4-15H2,1-3H3,(H2,22,23,26). The van der Waals surface area contributed by atoms with Crippen LogP contribution in [0.4, 0.5) is 4.79 Å². The van der Waals surface area contributed by atoms with Crippen molar-refractivity contribution in [3.8, 4) is 0 Å². The summed E-state index contributed by atoms with van der Waals surface area (Å²) in [5, 5.41) is 6.50. The van der Waals surface area contributed by atoms with Crippen molar-refractivity contribution in [2.75, 3.05) is 33.1 Å². The molecule has 0 aromatic heterocycles. The van der Waals surface area contributed by atoms with E-state index in [2.05, 4.69) is 17.6 Å². The second-order valence-electron chi connectivity index (χ2n) is 8.42. The van der Waals surface area contributed by atoms with Gasteiger partial charge in [0.1, 0.15) is 0 Å². The first-order chi connectivity index (χ1) is 13.5. The highest BCUT2D eigenvalue weighted by Gasteiger charge is 2.42. The molecule has 0 spiro atoms. The van der Waals surface area contributed by atoms with Gasteiger partial charge in [0.05, 0.1) is 12.1 Å². The van der Waals surface area contributed by atoms with Crippen LogP contribution in [0.3, 0.4) is 0 Å². The van der Waals surface area contributed by atoms with Crippen LogP contribution in [-0.2, 0) is 9.53 Å². The molecule has 6 nitrogen and oxygen atoms in total. The Morgan fingerprint density at radius 2 is 2.04 bits per heavy atom. The molecule has 0 bridgehead atoms. The number of methoxy groups -OCH3 is 1. The summed E-state index contributed by atoms with van der Waals surface area (Å²) in [6, 6.07) is 0.533. The van der Waals surface area contributed by atoms with Gasteiger partial charge in [0.15, 0.2) is 0 Å². The summed E-state index contributed by atoms with van der Waals surface area (Å²) in [7, 11) is 3.69. The number of amides is 3. The monoisotopic (exact) mass is 413 g/mol. The van der Waals surface area contributed by atoms with Crippen molar-refractivity contribution in [2.24, 2.45) is 5.92 Å². The molecule has 2 fully saturated rings. The molecule has 0 aromatic rings.